The molecule has 1 aromatic carbocycles. The molecule has 0 bridgehead atoms. The predicted octanol–water partition coefficient (Wildman–Crippen LogP) is 3.77. The standard InChI is InChI=1S/C16H21N3OS.ClH/c1-9-5-6-13(7-10(9)2)14-8-21-16(18-14)19-15(20)11(3)12(4)17;/h5-8,11-12H,17H2,1-4H3,(H,18,19,20);1H. The van der Waals surface area contributed by atoms with E-state index in [2.05, 4.69) is 36.3 Å². The number of rotatable bonds is 4. The third kappa shape index (κ3) is 4.29. The van der Waals surface area contributed by atoms with Gasteiger partial charge in [-0.15, -0.1) is 23.7 Å². The minimum absolute atomic E-state index is 0. The zero-order chi connectivity index (χ0) is 15.6. The van der Waals surface area contributed by atoms with Gasteiger partial charge in [0.2, 0.25) is 5.91 Å². The molecule has 0 radical (unpaired) electrons. The van der Waals surface area contributed by atoms with Crippen LogP contribution in [0.3, 0.4) is 0 Å². The third-order valence-electron chi connectivity index (χ3n) is 3.74. The zero-order valence-electron chi connectivity index (χ0n) is 13.2. The van der Waals surface area contributed by atoms with E-state index >= 15 is 0 Å². The molecule has 0 fully saturated rings. The average Bonchev–Trinajstić information content (AvgIpc) is 2.89. The predicted molar refractivity (Wildman–Crippen MR) is 95.7 cm³/mol. The number of benzene rings is 1. The van der Waals surface area contributed by atoms with Gasteiger partial charge in [0.05, 0.1) is 11.6 Å². The summed E-state index contributed by atoms with van der Waals surface area (Å²) in [5, 5.41) is 5.39. The van der Waals surface area contributed by atoms with Gasteiger partial charge in [0.25, 0.3) is 0 Å². The topological polar surface area (TPSA) is 68.0 Å². The van der Waals surface area contributed by atoms with Crippen LogP contribution in [0.5, 0.6) is 0 Å². The molecule has 1 amide bonds. The number of hydrogen-bond donors (Lipinski definition) is 2. The Morgan fingerprint density at radius 1 is 1.27 bits per heavy atom. The van der Waals surface area contributed by atoms with E-state index in [0.29, 0.717) is 5.13 Å². The number of anilines is 1. The van der Waals surface area contributed by atoms with Crippen molar-refractivity contribution in [2.75, 3.05) is 5.32 Å². The molecular weight excluding hydrogens is 318 g/mol. The van der Waals surface area contributed by atoms with E-state index in [1.165, 1.54) is 22.5 Å². The first-order chi connectivity index (χ1) is 9.88. The molecule has 6 heteroatoms. The summed E-state index contributed by atoms with van der Waals surface area (Å²) in [5.41, 5.74) is 10.2. The van der Waals surface area contributed by atoms with Gasteiger partial charge in [0, 0.05) is 17.0 Å². The van der Waals surface area contributed by atoms with Crippen molar-refractivity contribution in [1.82, 2.24) is 4.98 Å². The number of nitrogens with one attached hydrogen (secondary N) is 1. The molecule has 2 atom stereocenters. The Hall–Kier alpha value is -1.43. The number of aromatic nitrogens is 1. The fourth-order valence-corrected chi connectivity index (χ4v) is 2.55. The van der Waals surface area contributed by atoms with Crippen molar-refractivity contribution < 1.29 is 4.79 Å². The Balaban J connectivity index is 0.00000242. The van der Waals surface area contributed by atoms with E-state index in [4.69, 9.17) is 5.73 Å². The molecule has 2 rings (SSSR count). The van der Waals surface area contributed by atoms with Crippen molar-refractivity contribution in [3.8, 4) is 11.3 Å². The second kappa shape index (κ2) is 7.72. The minimum Gasteiger partial charge on any atom is -0.327 e. The number of nitrogens with zero attached hydrogens (tertiary/aromatic N) is 1. The number of carbonyl (C=O) groups is 1. The fraction of sp³-hybridized carbons (Fsp3) is 0.375. The van der Waals surface area contributed by atoms with Crippen LogP contribution in [0, 0.1) is 19.8 Å². The number of carbonyl (C=O) groups excluding carboxylic acids is 1. The molecule has 0 aliphatic carbocycles. The lowest BCUT2D eigenvalue weighted by Gasteiger charge is -2.13. The Labute approximate surface area is 141 Å². The van der Waals surface area contributed by atoms with Crippen LogP contribution in [0.4, 0.5) is 5.13 Å². The van der Waals surface area contributed by atoms with Crippen LogP contribution in [0.15, 0.2) is 23.6 Å². The summed E-state index contributed by atoms with van der Waals surface area (Å²) in [6, 6.07) is 6.07. The Morgan fingerprint density at radius 2 is 1.95 bits per heavy atom. The highest BCUT2D eigenvalue weighted by Crippen LogP contribution is 2.26. The van der Waals surface area contributed by atoms with Crippen molar-refractivity contribution in [3.05, 3.63) is 34.7 Å². The molecule has 1 aromatic heterocycles. The van der Waals surface area contributed by atoms with Crippen molar-refractivity contribution in [2.24, 2.45) is 11.7 Å². The summed E-state index contributed by atoms with van der Waals surface area (Å²) in [6.07, 6.45) is 0. The Morgan fingerprint density at radius 3 is 2.55 bits per heavy atom. The summed E-state index contributed by atoms with van der Waals surface area (Å²) in [5.74, 6) is -0.329. The number of hydrogen-bond acceptors (Lipinski definition) is 4. The third-order valence-corrected chi connectivity index (χ3v) is 4.50. The van der Waals surface area contributed by atoms with Gasteiger partial charge >= 0.3 is 0 Å². The summed E-state index contributed by atoms with van der Waals surface area (Å²) in [7, 11) is 0. The number of halogens is 1. The second-order valence-electron chi connectivity index (χ2n) is 5.47. The van der Waals surface area contributed by atoms with Gasteiger partial charge < -0.3 is 11.1 Å². The smallest absolute Gasteiger partial charge is 0.230 e. The number of nitrogens with two attached hydrogens (primary N) is 1. The molecule has 4 nitrogen and oxygen atoms in total. The van der Waals surface area contributed by atoms with E-state index < -0.39 is 0 Å². The van der Waals surface area contributed by atoms with Crippen LogP contribution >= 0.6 is 23.7 Å². The first kappa shape index (κ1) is 18.6. The van der Waals surface area contributed by atoms with Gasteiger partial charge in [-0.2, -0.15) is 0 Å². The van der Waals surface area contributed by atoms with Crippen LogP contribution in [-0.4, -0.2) is 16.9 Å². The van der Waals surface area contributed by atoms with Crippen molar-refractivity contribution in [1.29, 1.82) is 0 Å². The summed E-state index contributed by atoms with van der Waals surface area (Å²) in [4.78, 5) is 16.5. The van der Waals surface area contributed by atoms with E-state index in [9.17, 15) is 4.79 Å². The van der Waals surface area contributed by atoms with Gasteiger partial charge in [0.1, 0.15) is 0 Å². The highest BCUT2D eigenvalue weighted by Gasteiger charge is 2.18. The Bertz CT molecular complexity index is 655. The lowest BCUT2D eigenvalue weighted by atomic mass is 10.0. The highest BCUT2D eigenvalue weighted by atomic mass is 35.5. The average molecular weight is 340 g/mol. The van der Waals surface area contributed by atoms with Crippen LogP contribution in [0.2, 0.25) is 0 Å². The number of aryl methyl sites for hydroxylation is 2. The molecule has 1 heterocycles. The number of amides is 1. The van der Waals surface area contributed by atoms with Crippen molar-refractivity contribution >= 4 is 34.8 Å². The van der Waals surface area contributed by atoms with E-state index in [0.717, 1.165) is 11.3 Å². The van der Waals surface area contributed by atoms with E-state index in [-0.39, 0.29) is 30.3 Å². The molecular formula is C16H22ClN3OS. The van der Waals surface area contributed by atoms with Crippen LogP contribution in [0.1, 0.15) is 25.0 Å². The van der Waals surface area contributed by atoms with E-state index in [1.54, 1.807) is 0 Å². The minimum atomic E-state index is -0.237. The molecule has 3 N–H and O–H groups in total. The molecule has 0 saturated heterocycles. The summed E-state index contributed by atoms with van der Waals surface area (Å²) < 4.78 is 0. The normalized spacial score (nSPS) is 13.1. The maximum atomic E-state index is 12.0. The van der Waals surface area contributed by atoms with Gasteiger partial charge in [-0.1, -0.05) is 19.1 Å². The maximum Gasteiger partial charge on any atom is 0.230 e. The fourth-order valence-electron chi connectivity index (χ4n) is 1.82. The number of thiazole rings is 1. The largest absolute Gasteiger partial charge is 0.327 e. The second-order valence-corrected chi connectivity index (χ2v) is 6.33. The summed E-state index contributed by atoms with van der Waals surface area (Å²) >= 11 is 1.43. The van der Waals surface area contributed by atoms with Crippen LogP contribution in [-0.2, 0) is 4.79 Å². The first-order valence-electron chi connectivity index (χ1n) is 6.98. The first-order valence-corrected chi connectivity index (χ1v) is 7.86. The zero-order valence-corrected chi connectivity index (χ0v) is 14.8. The van der Waals surface area contributed by atoms with Crippen LogP contribution in [0.25, 0.3) is 11.3 Å². The molecule has 2 aromatic rings. The van der Waals surface area contributed by atoms with Gasteiger partial charge in [0.15, 0.2) is 5.13 Å². The van der Waals surface area contributed by atoms with Crippen molar-refractivity contribution in [2.45, 2.75) is 33.7 Å². The molecule has 120 valence electrons. The molecule has 0 aliphatic rings. The molecule has 22 heavy (non-hydrogen) atoms. The maximum absolute atomic E-state index is 12.0. The molecule has 2 unspecified atom stereocenters. The monoisotopic (exact) mass is 339 g/mol. The lowest BCUT2D eigenvalue weighted by molar-refractivity contribution is -0.119. The molecule has 0 aliphatic heterocycles. The van der Waals surface area contributed by atoms with Crippen LogP contribution < -0.4 is 11.1 Å². The molecule has 0 saturated carbocycles. The summed E-state index contributed by atoms with van der Waals surface area (Å²) in [6.45, 7) is 7.81. The quantitative estimate of drug-likeness (QED) is 0.890. The Kier molecular flexibility index (Phi) is 6.53. The van der Waals surface area contributed by atoms with E-state index in [1.807, 2.05) is 25.3 Å². The van der Waals surface area contributed by atoms with Crippen molar-refractivity contribution in [3.63, 3.8) is 0 Å². The lowest BCUT2D eigenvalue weighted by Crippen LogP contribution is -2.34. The van der Waals surface area contributed by atoms with Gasteiger partial charge in [-0.3, -0.25) is 4.79 Å². The van der Waals surface area contributed by atoms with Gasteiger partial charge in [-0.25, -0.2) is 4.98 Å². The molecule has 0 spiro atoms. The van der Waals surface area contributed by atoms with Gasteiger partial charge in [-0.05, 0) is 38.0 Å². The SMILES string of the molecule is Cc1ccc(-c2csc(NC(=O)C(C)C(C)N)n2)cc1C.Cl. The highest BCUT2D eigenvalue weighted by molar-refractivity contribution is 7.14.